The molecule has 0 aromatic heterocycles. The van der Waals surface area contributed by atoms with E-state index in [4.69, 9.17) is 4.74 Å². The van der Waals surface area contributed by atoms with E-state index in [0.29, 0.717) is 26.2 Å². The van der Waals surface area contributed by atoms with Crippen molar-refractivity contribution in [3.8, 4) is 0 Å². The number of benzene rings is 2. The zero-order valence-electron chi connectivity index (χ0n) is 17.3. The van der Waals surface area contributed by atoms with Crippen LogP contribution in [0, 0.1) is 23.4 Å². The molecule has 0 saturated carbocycles. The maximum Gasteiger partial charge on any atom is 0.256 e. The Morgan fingerprint density at radius 1 is 1.10 bits per heavy atom. The molecule has 1 saturated heterocycles. The first kappa shape index (κ1) is 22.3. The molecule has 2 aromatic carbocycles. The van der Waals surface area contributed by atoms with Crippen molar-refractivity contribution in [3.05, 3.63) is 71.0 Å². The molecule has 1 atom stereocenters. The van der Waals surface area contributed by atoms with Crippen LogP contribution in [0.3, 0.4) is 0 Å². The lowest BCUT2D eigenvalue weighted by Crippen LogP contribution is -2.49. The monoisotopic (exact) mass is 420 g/mol. The standard InChI is InChI=1S/C23H27F3N2O2/c1-16(2)12-28(23(29)18-6-3-4-7-20(18)24)14-17-13-27(10-11-30-17)15-19-21(25)8-5-9-22(19)26/h3-9,16-17H,10-15H2,1-2H3/t17-/m0/s1. The molecule has 4 nitrogen and oxygen atoms in total. The molecular weight excluding hydrogens is 393 g/mol. The van der Waals surface area contributed by atoms with Gasteiger partial charge in [0, 0.05) is 38.3 Å². The fourth-order valence-corrected chi connectivity index (χ4v) is 3.67. The number of carbonyl (C=O) groups is 1. The molecule has 0 bridgehead atoms. The van der Waals surface area contributed by atoms with Crippen LogP contribution in [0.5, 0.6) is 0 Å². The lowest BCUT2D eigenvalue weighted by molar-refractivity contribution is -0.0443. The van der Waals surface area contributed by atoms with Crippen molar-refractivity contribution in [2.24, 2.45) is 5.92 Å². The lowest BCUT2D eigenvalue weighted by atomic mass is 10.1. The molecule has 7 heteroatoms. The number of rotatable bonds is 7. The number of carbonyl (C=O) groups excluding carboxylic acids is 1. The summed E-state index contributed by atoms with van der Waals surface area (Å²) in [6.45, 7) is 6.18. The number of ether oxygens (including phenoxy) is 1. The predicted molar refractivity (Wildman–Crippen MR) is 109 cm³/mol. The van der Waals surface area contributed by atoms with Gasteiger partial charge >= 0.3 is 0 Å². The fourth-order valence-electron chi connectivity index (χ4n) is 3.67. The Balaban J connectivity index is 1.70. The molecule has 0 aliphatic carbocycles. The lowest BCUT2D eigenvalue weighted by Gasteiger charge is -2.36. The topological polar surface area (TPSA) is 32.8 Å². The minimum atomic E-state index is -0.575. The van der Waals surface area contributed by atoms with Crippen LogP contribution in [-0.4, -0.2) is 54.6 Å². The average Bonchev–Trinajstić information content (AvgIpc) is 2.70. The molecule has 0 radical (unpaired) electrons. The summed E-state index contributed by atoms with van der Waals surface area (Å²) in [5, 5.41) is 0. The summed E-state index contributed by atoms with van der Waals surface area (Å²) in [5.74, 6) is -1.91. The molecule has 1 amide bonds. The minimum Gasteiger partial charge on any atom is -0.374 e. The molecule has 0 unspecified atom stereocenters. The van der Waals surface area contributed by atoms with E-state index in [-0.39, 0.29) is 42.1 Å². The Bertz CT molecular complexity index is 855. The normalized spacial score (nSPS) is 17.3. The van der Waals surface area contributed by atoms with E-state index in [2.05, 4.69) is 0 Å². The van der Waals surface area contributed by atoms with Gasteiger partial charge in [0.15, 0.2) is 0 Å². The minimum absolute atomic E-state index is 0.0271. The first-order chi connectivity index (χ1) is 14.3. The first-order valence-corrected chi connectivity index (χ1v) is 10.2. The van der Waals surface area contributed by atoms with E-state index in [1.165, 1.54) is 30.3 Å². The second-order valence-corrected chi connectivity index (χ2v) is 8.01. The Labute approximate surface area is 175 Å². The maximum absolute atomic E-state index is 14.1. The van der Waals surface area contributed by atoms with Crippen LogP contribution in [0.4, 0.5) is 13.2 Å². The Morgan fingerprint density at radius 3 is 2.43 bits per heavy atom. The second kappa shape index (κ2) is 10.1. The predicted octanol–water partition coefficient (Wildman–Crippen LogP) is 4.10. The summed E-state index contributed by atoms with van der Waals surface area (Å²) in [6.07, 6.45) is -0.331. The van der Waals surface area contributed by atoms with Crippen molar-refractivity contribution in [2.75, 3.05) is 32.8 Å². The maximum atomic E-state index is 14.1. The van der Waals surface area contributed by atoms with Gasteiger partial charge in [0.2, 0.25) is 0 Å². The van der Waals surface area contributed by atoms with Gasteiger partial charge < -0.3 is 9.64 Å². The summed E-state index contributed by atoms with van der Waals surface area (Å²) < 4.78 is 48.0. The molecule has 0 spiro atoms. The summed E-state index contributed by atoms with van der Waals surface area (Å²) in [7, 11) is 0. The zero-order valence-corrected chi connectivity index (χ0v) is 17.3. The van der Waals surface area contributed by atoms with Crippen LogP contribution in [0.2, 0.25) is 0 Å². The van der Waals surface area contributed by atoms with Gasteiger partial charge in [-0.1, -0.05) is 32.0 Å². The molecule has 1 fully saturated rings. The number of nitrogens with zero attached hydrogens (tertiary/aromatic N) is 2. The van der Waals surface area contributed by atoms with Gasteiger partial charge in [-0.2, -0.15) is 0 Å². The molecule has 1 aliphatic rings. The number of halogens is 3. The zero-order chi connectivity index (χ0) is 21.7. The number of hydrogen-bond donors (Lipinski definition) is 0. The molecule has 0 N–H and O–H groups in total. The van der Waals surface area contributed by atoms with Crippen LogP contribution >= 0.6 is 0 Å². The summed E-state index contributed by atoms with van der Waals surface area (Å²) >= 11 is 0. The van der Waals surface area contributed by atoms with Crippen molar-refractivity contribution < 1.29 is 22.7 Å². The highest BCUT2D eigenvalue weighted by molar-refractivity contribution is 5.94. The molecule has 1 heterocycles. The molecule has 3 rings (SSSR count). The van der Waals surface area contributed by atoms with Crippen molar-refractivity contribution >= 4 is 5.91 Å². The van der Waals surface area contributed by atoms with Gasteiger partial charge in [0.1, 0.15) is 17.5 Å². The number of hydrogen-bond acceptors (Lipinski definition) is 3. The van der Waals surface area contributed by atoms with E-state index in [0.717, 1.165) is 0 Å². The summed E-state index contributed by atoms with van der Waals surface area (Å²) in [5.41, 5.74) is 0.0545. The second-order valence-electron chi connectivity index (χ2n) is 8.01. The van der Waals surface area contributed by atoms with Crippen LogP contribution in [-0.2, 0) is 11.3 Å². The average molecular weight is 420 g/mol. The highest BCUT2D eigenvalue weighted by atomic mass is 19.1. The van der Waals surface area contributed by atoms with Crippen LogP contribution < -0.4 is 0 Å². The van der Waals surface area contributed by atoms with Gasteiger partial charge in [-0.3, -0.25) is 9.69 Å². The third-order valence-electron chi connectivity index (χ3n) is 5.07. The van der Waals surface area contributed by atoms with Crippen LogP contribution in [0.15, 0.2) is 42.5 Å². The van der Waals surface area contributed by atoms with Gasteiger partial charge in [-0.05, 0) is 30.2 Å². The van der Waals surface area contributed by atoms with Crippen molar-refractivity contribution in [3.63, 3.8) is 0 Å². The summed E-state index contributed by atoms with van der Waals surface area (Å²) in [6, 6.07) is 9.74. The van der Waals surface area contributed by atoms with E-state index in [1.807, 2.05) is 18.7 Å². The molecule has 1 aliphatic heterocycles. The van der Waals surface area contributed by atoms with Crippen molar-refractivity contribution in [1.82, 2.24) is 9.80 Å². The van der Waals surface area contributed by atoms with E-state index in [9.17, 15) is 18.0 Å². The Hall–Kier alpha value is -2.38. The van der Waals surface area contributed by atoms with Gasteiger partial charge in [0.25, 0.3) is 5.91 Å². The highest BCUT2D eigenvalue weighted by Gasteiger charge is 2.28. The number of morpholine rings is 1. The third kappa shape index (κ3) is 5.61. The smallest absolute Gasteiger partial charge is 0.256 e. The molecule has 2 aromatic rings. The van der Waals surface area contributed by atoms with Crippen molar-refractivity contribution in [1.29, 1.82) is 0 Å². The van der Waals surface area contributed by atoms with Crippen LogP contribution in [0.25, 0.3) is 0 Å². The largest absolute Gasteiger partial charge is 0.374 e. The van der Waals surface area contributed by atoms with Gasteiger partial charge in [-0.15, -0.1) is 0 Å². The summed E-state index contributed by atoms with van der Waals surface area (Å²) in [4.78, 5) is 16.5. The first-order valence-electron chi connectivity index (χ1n) is 10.2. The molecule has 30 heavy (non-hydrogen) atoms. The third-order valence-corrected chi connectivity index (χ3v) is 5.07. The molecule has 162 valence electrons. The Morgan fingerprint density at radius 2 is 1.77 bits per heavy atom. The van der Waals surface area contributed by atoms with Gasteiger partial charge in [-0.25, -0.2) is 13.2 Å². The highest BCUT2D eigenvalue weighted by Crippen LogP contribution is 2.18. The number of amides is 1. The van der Waals surface area contributed by atoms with E-state index in [1.54, 1.807) is 17.0 Å². The molecular formula is C23H27F3N2O2. The SMILES string of the molecule is CC(C)CN(C[C@@H]1CN(Cc2c(F)cccc2F)CCO1)C(=O)c1ccccc1F. The van der Waals surface area contributed by atoms with Gasteiger partial charge in [0.05, 0.1) is 18.3 Å². The fraction of sp³-hybridized carbons (Fsp3) is 0.435. The quantitative estimate of drug-likeness (QED) is 0.676. The van der Waals surface area contributed by atoms with E-state index >= 15 is 0 Å². The Kier molecular flexibility index (Phi) is 7.50. The van der Waals surface area contributed by atoms with Crippen molar-refractivity contribution in [2.45, 2.75) is 26.5 Å². The van der Waals surface area contributed by atoms with E-state index < -0.39 is 17.5 Å². The van der Waals surface area contributed by atoms with Crippen LogP contribution in [0.1, 0.15) is 29.8 Å².